The van der Waals surface area contributed by atoms with Crippen LogP contribution in [0.2, 0.25) is 0 Å². The molecule has 1 aromatic heterocycles. The second-order valence-corrected chi connectivity index (χ2v) is 7.97. The Morgan fingerprint density at radius 3 is 2.52 bits per heavy atom. The normalized spacial score (nSPS) is 20.4. The molecule has 2 heterocycles. The molecule has 0 amide bonds. The zero-order chi connectivity index (χ0) is 16.7. The molecule has 1 aliphatic heterocycles. The van der Waals surface area contributed by atoms with Gasteiger partial charge in [-0.3, -0.25) is 0 Å². The molecular formula is C18H24BNO2S. The standard InChI is InChI=1S/C18H24BNO2S/c1-17(2)18(3,4)22-19(21-17)14(12-20-5)11-13-7-6-8-16-15(13)9-10-23-16/h6-11,20H,12H2,1-5H3. The van der Waals surface area contributed by atoms with Crippen molar-refractivity contribution in [3.05, 3.63) is 40.7 Å². The maximum Gasteiger partial charge on any atom is 0.491 e. The Labute approximate surface area is 142 Å². The van der Waals surface area contributed by atoms with Crippen LogP contribution in [0.3, 0.4) is 0 Å². The van der Waals surface area contributed by atoms with Crippen molar-refractivity contribution >= 4 is 34.6 Å². The van der Waals surface area contributed by atoms with Crippen molar-refractivity contribution in [3.63, 3.8) is 0 Å². The van der Waals surface area contributed by atoms with Crippen molar-refractivity contribution in [3.8, 4) is 0 Å². The Kier molecular flexibility index (Phi) is 4.40. The summed E-state index contributed by atoms with van der Waals surface area (Å²) in [4.78, 5) is 0. The van der Waals surface area contributed by atoms with Gasteiger partial charge in [0.2, 0.25) is 0 Å². The molecule has 1 aromatic carbocycles. The number of thiophene rings is 1. The molecule has 3 rings (SSSR count). The van der Waals surface area contributed by atoms with E-state index in [4.69, 9.17) is 9.31 Å². The summed E-state index contributed by atoms with van der Waals surface area (Å²) in [6, 6.07) is 8.58. The van der Waals surface area contributed by atoms with Gasteiger partial charge in [-0.25, -0.2) is 0 Å². The van der Waals surface area contributed by atoms with Crippen LogP contribution in [0.5, 0.6) is 0 Å². The average Bonchev–Trinajstić information content (AvgIpc) is 3.02. The predicted molar refractivity (Wildman–Crippen MR) is 99.8 cm³/mol. The van der Waals surface area contributed by atoms with E-state index < -0.39 is 0 Å². The van der Waals surface area contributed by atoms with Gasteiger partial charge in [-0.1, -0.05) is 18.2 Å². The minimum Gasteiger partial charge on any atom is -0.400 e. The molecule has 0 bridgehead atoms. The summed E-state index contributed by atoms with van der Waals surface area (Å²) in [5.74, 6) is 0. The van der Waals surface area contributed by atoms with Gasteiger partial charge in [-0.2, -0.15) is 0 Å². The van der Waals surface area contributed by atoms with E-state index in [1.54, 1.807) is 11.3 Å². The number of likely N-dealkylation sites (N-methyl/N-ethyl adjacent to an activating group) is 1. The van der Waals surface area contributed by atoms with Gasteiger partial charge in [0.1, 0.15) is 0 Å². The Morgan fingerprint density at radius 1 is 1.17 bits per heavy atom. The van der Waals surface area contributed by atoms with Gasteiger partial charge >= 0.3 is 7.12 Å². The lowest BCUT2D eigenvalue weighted by atomic mass is 9.76. The first-order chi connectivity index (χ1) is 10.8. The highest BCUT2D eigenvalue weighted by Crippen LogP contribution is 2.39. The van der Waals surface area contributed by atoms with Crippen LogP contribution in [0.4, 0.5) is 0 Å². The molecule has 1 fully saturated rings. The van der Waals surface area contributed by atoms with Crippen LogP contribution >= 0.6 is 11.3 Å². The van der Waals surface area contributed by atoms with E-state index in [1.807, 2.05) is 7.05 Å². The average molecular weight is 329 g/mol. The Bertz CT molecular complexity index is 719. The lowest BCUT2D eigenvalue weighted by molar-refractivity contribution is 0.00578. The first-order valence-corrected chi connectivity index (χ1v) is 8.89. The van der Waals surface area contributed by atoms with E-state index in [0.29, 0.717) is 0 Å². The topological polar surface area (TPSA) is 30.5 Å². The van der Waals surface area contributed by atoms with E-state index in [2.05, 4.69) is 68.7 Å². The number of fused-ring (bicyclic) bond motifs is 1. The highest BCUT2D eigenvalue weighted by Gasteiger charge is 2.52. The molecule has 0 radical (unpaired) electrons. The number of hydrogen-bond acceptors (Lipinski definition) is 4. The summed E-state index contributed by atoms with van der Waals surface area (Å²) in [7, 11) is 1.63. The maximum atomic E-state index is 6.22. The molecule has 122 valence electrons. The fraction of sp³-hybridized carbons (Fsp3) is 0.444. The van der Waals surface area contributed by atoms with Crippen molar-refractivity contribution in [2.24, 2.45) is 0 Å². The van der Waals surface area contributed by atoms with E-state index in [-0.39, 0.29) is 18.3 Å². The maximum absolute atomic E-state index is 6.22. The van der Waals surface area contributed by atoms with Crippen molar-refractivity contribution in [2.45, 2.75) is 38.9 Å². The number of nitrogens with one attached hydrogen (secondary N) is 1. The lowest BCUT2D eigenvalue weighted by Gasteiger charge is -2.32. The molecule has 0 aliphatic carbocycles. The second kappa shape index (κ2) is 6.06. The summed E-state index contributed by atoms with van der Waals surface area (Å²) in [5, 5.41) is 6.65. The highest BCUT2D eigenvalue weighted by molar-refractivity contribution is 7.17. The molecule has 1 aliphatic rings. The zero-order valence-electron chi connectivity index (χ0n) is 14.5. The van der Waals surface area contributed by atoms with Gasteiger partial charge in [0.25, 0.3) is 0 Å². The van der Waals surface area contributed by atoms with E-state index in [9.17, 15) is 0 Å². The zero-order valence-corrected chi connectivity index (χ0v) is 15.3. The van der Waals surface area contributed by atoms with Crippen LogP contribution in [-0.2, 0) is 9.31 Å². The first-order valence-electron chi connectivity index (χ1n) is 8.01. The van der Waals surface area contributed by atoms with Crippen LogP contribution in [0.25, 0.3) is 16.2 Å². The first kappa shape index (κ1) is 16.7. The van der Waals surface area contributed by atoms with Gasteiger partial charge in [0, 0.05) is 11.2 Å². The van der Waals surface area contributed by atoms with Gasteiger partial charge in [0.15, 0.2) is 0 Å². The molecule has 0 spiro atoms. The molecule has 0 unspecified atom stereocenters. The highest BCUT2D eigenvalue weighted by atomic mass is 32.1. The summed E-state index contributed by atoms with van der Waals surface area (Å²) < 4.78 is 13.7. The van der Waals surface area contributed by atoms with Crippen molar-refractivity contribution in [1.82, 2.24) is 5.32 Å². The predicted octanol–water partition coefficient (Wildman–Crippen LogP) is 4.14. The van der Waals surface area contributed by atoms with Crippen LogP contribution in [-0.4, -0.2) is 31.9 Å². The monoisotopic (exact) mass is 329 g/mol. The minimum absolute atomic E-state index is 0.318. The van der Waals surface area contributed by atoms with Crippen molar-refractivity contribution in [1.29, 1.82) is 0 Å². The largest absolute Gasteiger partial charge is 0.491 e. The number of hydrogen-bond donors (Lipinski definition) is 1. The van der Waals surface area contributed by atoms with Crippen LogP contribution in [0, 0.1) is 0 Å². The number of benzene rings is 1. The third-order valence-corrected chi connectivity index (χ3v) is 5.69. The number of rotatable bonds is 4. The second-order valence-electron chi connectivity index (χ2n) is 7.02. The van der Waals surface area contributed by atoms with E-state index in [0.717, 1.165) is 12.0 Å². The van der Waals surface area contributed by atoms with Crippen LogP contribution < -0.4 is 5.32 Å². The smallest absolute Gasteiger partial charge is 0.400 e. The molecule has 2 aromatic rings. The van der Waals surface area contributed by atoms with E-state index >= 15 is 0 Å². The van der Waals surface area contributed by atoms with Crippen molar-refractivity contribution in [2.75, 3.05) is 13.6 Å². The molecule has 23 heavy (non-hydrogen) atoms. The van der Waals surface area contributed by atoms with Gasteiger partial charge in [-0.05, 0) is 68.7 Å². The molecule has 5 heteroatoms. The molecular weight excluding hydrogens is 305 g/mol. The lowest BCUT2D eigenvalue weighted by Crippen LogP contribution is -2.41. The molecule has 3 nitrogen and oxygen atoms in total. The fourth-order valence-electron chi connectivity index (χ4n) is 2.74. The summed E-state index contributed by atoms with van der Waals surface area (Å²) >= 11 is 1.77. The summed E-state index contributed by atoms with van der Waals surface area (Å²) in [6.07, 6.45) is 2.20. The quantitative estimate of drug-likeness (QED) is 0.856. The molecule has 1 N–H and O–H groups in total. The molecule has 0 saturated carbocycles. The third-order valence-electron chi connectivity index (χ3n) is 4.81. The third kappa shape index (κ3) is 3.11. The molecule has 1 saturated heterocycles. The van der Waals surface area contributed by atoms with Crippen molar-refractivity contribution < 1.29 is 9.31 Å². The Morgan fingerprint density at radius 2 is 1.87 bits per heavy atom. The summed E-state index contributed by atoms with van der Waals surface area (Å²) in [6.45, 7) is 9.08. The Hall–Kier alpha value is -1.14. The van der Waals surface area contributed by atoms with E-state index in [1.165, 1.54) is 15.6 Å². The Balaban J connectivity index is 1.98. The van der Waals surface area contributed by atoms with Crippen LogP contribution in [0.15, 0.2) is 35.1 Å². The van der Waals surface area contributed by atoms with Gasteiger partial charge < -0.3 is 14.6 Å². The SMILES string of the molecule is CNCC(=Cc1cccc2sccc12)B1OC(C)(C)C(C)(C)O1. The van der Waals surface area contributed by atoms with Crippen LogP contribution in [0.1, 0.15) is 33.3 Å². The minimum atomic E-state index is -0.321. The van der Waals surface area contributed by atoms with Gasteiger partial charge in [-0.15, -0.1) is 11.3 Å². The summed E-state index contributed by atoms with van der Waals surface area (Å²) in [5.41, 5.74) is 1.69. The van der Waals surface area contributed by atoms with Gasteiger partial charge in [0.05, 0.1) is 11.2 Å². The fourth-order valence-corrected chi connectivity index (χ4v) is 3.56. The molecule has 0 atom stereocenters.